The minimum Gasteiger partial charge on any atom is -0.489 e. The van der Waals surface area contributed by atoms with Gasteiger partial charge in [0.2, 0.25) is 0 Å². The normalized spacial score (nSPS) is 11.1. The third-order valence-corrected chi connectivity index (χ3v) is 4.10. The molecule has 11 heteroatoms. The van der Waals surface area contributed by atoms with Crippen LogP contribution >= 0.6 is 0 Å². The first-order chi connectivity index (χ1) is 16.7. The van der Waals surface area contributed by atoms with Crippen LogP contribution in [0.2, 0.25) is 0 Å². The van der Waals surface area contributed by atoms with E-state index in [0.29, 0.717) is 104 Å². The number of rotatable bonds is 25. The highest BCUT2D eigenvalue weighted by Gasteiger charge is 1.99. The number of nitrogens with two attached hydrogens (primary N) is 1. The summed E-state index contributed by atoms with van der Waals surface area (Å²) >= 11 is 0. The molecule has 34 heavy (non-hydrogen) atoms. The van der Waals surface area contributed by atoms with E-state index >= 15 is 0 Å². The molecule has 0 aliphatic heterocycles. The minimum absolute atomic E-state index is 0.00110. The highest BCUT2D eigenvalue weighted by atomic mass is 16.6. The van der Waals surface area contributed by atoms with Crippen LogP contribution in [0.15, 0.2) is 24.3 Å². The van der Waals surface area contributed by atoms with Gasteiger partial charge in [0.25, 0.3) is 0 Å². The van der Waals surface area contributed by atoms with Crippen molar-refractivity contribution in [3.8, 4) is 5.75 Å². The van der Waals surface area contributed by atoms with Crippen molar-refractivity contribution >= 4 is 11.7 Å². The van der Waals surface area contributed by atoms with Crippen molar-refractivity contribution in [2.45, 2.75) is 6.42 Å². The number of aliphatic carboxylic acids is 1. The number of hydrogen-bond acceptors (Lipinski definition) is 10. The summed E-state index contributed by atoms with van der Waals surface area (Å²) in [7, 11) is 0. The molecular formula is C23H39NO10. The fraction of sp³-hybridized carbons (Fsp3) is 0.696. The monoisotopic (exact) mass is 489 g/mol. The molecule has 0 aromatic heterocycles. The zero-order valence-electron chi connectivity index (χ0n) is 19.8. The number of carboxylic acid groups (broad SMARTS) is 1. The van der Waals surface area contributed by atoms with Crippen LogP contribution in [-0.4, -0.2) is 110 Å². The molecular weight excluding hydrogens is 450 g/mol. The Balaban J connectivity index is 1.68. The number of ether oxygens (including phenoxy) is 8. The van der Waals surface area contributed by atoms with Gasteiger partial charge < -0.3 is 48.7 Å². The maximum Gasteiger partial charge on any atom is 0.305 e. The van der Waals surface area contributed by atoms with E-state index < -0.39 is 5.97 Å². The maximum atomic E-state index is 10.3. The van der Waals surface area contributed by atoms with Crippen LogP contribution in [-0.2, 0) is 38.0 Å². The van der Waals surface area contributed by atoms with E-state index in [1.807, 2.05) is 18.2 Å². The lowest BCUT2D eigenvalue weighted by Crippen LogP contribution is -2.15. The van der Waals surface area contributed by atoms with Crippen molar-refractivity contribution in [3.63, 3.8) is 0 Å². The van der Waals surface area contributed by atoms with Crippen molar-refractivity contribution in [3.05, 3.63) is 24.3 Å². The second-order valence-electron chi connectivity index (χ2n) is 6.82. The first-order valence-corrected chi connectivity index (χ1v) is 11.4. The average Bonchev–Trinajstić information content (AvgIpc) is 2.82. The molecule has 0 spiro atoms. The Morgan fingerprint density at radius 3 is 1.32 bits per heavy atom. The molecule has 0 saturated carbocycles. The molecule has 0 unspecified atom stereocenters. The summed E-state index contributed by atoms with van der Waals surface area (Å²) in [4.78, 5) is 10.3. The lowest BCUT2D eigenvalue weighted by molar-refractivity contribution is -0.138. The zero-order valence-corrected chi connectivity index (χ0v) is 19.8. The second-order valence-corrected chi connectivity index (χ2v) is 6.82. The lowest BCUT2D eigenvalue weighted by Gasteiger charge is -2.09. The van der Waals surface area contributed by atoms with E-state index in [2.05, 4.69) is 0 Å². The molecule has 0 atom stereocenters. The molecule has 0 amide bonds. The highest BCUT2D eigenvalue weighted by Crippen LogP contribution is 2.19. The molecule has 0 aliphatic rings. The van der Waals surface area contributed by atoms with Gasteiger partial charge in [-0.3, -0.25) is 4.79 Å². The van der Waals surface area contributed by atoms with Crippen LogP contribution in [0.25, 0.3) is 0 Å². The fourth-order valence-electron chi connectivity index (χ4n) is 2.40. The summed E-state index contributed by atoms with van der Waals surface area (Å²) in [5.74, 6) is -0.209. The average molecular weight is 490 g/mol. The van der Waals surface area contributed by atoms with Crippen LogP contribution in [0.5, 0.6) is 5.75 Å². The summed E-state index contributed by atoms with van der Waals surface area (Å²) in [5, 5.41) is 8.46. The molecule has 0 fully saturated rings. The number of anilines is 1. The Hall–Kier alpha value is -1.99. The summed E-state index contributed by atoms with van der Waals surface area (Å²) in [6.45, 7) is 6.70. The standard InChI is InChI=1S/C23H39NO10/c24-21-3-1-2-4-22(21)34-20-19-33-18-17-32-16-15-31-14-13-30-12-11-29-10-9-28-8-7-27-6-5-23(25)26/h1-4H,5-20,24H2,(H,25,26). The van der Waals surface area contributed by atoms with Gasteiger partial charge >= 0.3 is 5.97 Å². The smallest absolute Gasteiger partial charge is 0.305 e. The first-order valence-electron chi connectivity index (χ1n) is 11.4. The molecule has 0 aliphatic carbocycles. The third-order valence-electron chi connectivity index (χ3n) is 4.10. The SMILES string of the molecule is Nc1ccccc1OCCOCCOCCOCCOCCOCCOCCOCCC(=O)O. The van der Waals surface area contributed by atoms with Crippen molar-refractivity contribution in [1.82, 2.24) is 0 Å². The van der Waals surface area contributed by atoms with E-state index in [-0.39, 0.29) is 13.0 Å². The summed E-state index contributed by atoms with van der Waals surface area (Å²) in [6.07, 6.45) is 0.00110. The molecule has 196 valence electrons. The van der Waals surface area contributed by atoms with Crippen LogP contribution in [0.3, 0.4) is 0 Å². The van der Waals surface area contributed by atoms with E-state index in [1.54, 1.807) is 6.07 Å². The molecule has 0 heterocycles. The van der Waals surface area contributed by atoms with E-state index in [9.17, 15) is 4.79 Å². The minimum atomic E-state index is -0.872. The van der Waals surface area contributed by atoms with E-state index in [0.717, 1.165) is 0 Å². The van der Waals surface area contributed by atoms with Gasteiger partial charge in [0, 0.05) is 0 Å². The largest absolute Gasteiger partial charge is 0.489 e. The van der Waals surface area contributed by atoms with Crippen LogP contribution in [0.1, 0.15) is 6.42 Å². The van der Waals surface area contributed by atoms with Gasteiger partial charge in [0.1, 0.15) is 12.4 Å². The second kappa shape index (κ2) is 22.8. The quantitative estimate of drug-likeness (QED) is 0.152. The Kier molecular flexibility index (Phi) is 20.1. The Morgan fingerprint density at radius 1 is 0.588 bits per heavy atom. The van der Waals surface area contributed by atoms with Gasteiger partial charge in [-0.05, 0) is 12.1 Å². The Morgan fingerprint density at radius 2 is 0.941 bits per heavy atom. The molecule has 0 saturated heterocycles. The van der Waals surface area contributed by atoms with Gasteiger partial charge in [-0.2, -0.15) is 0 Å². The fourth-order valence-corrected chi connectivity index (χ4v) is 2.40. The van der Waals surface area contributed by atoms with Gasteiger partial charge in [-0.15, -0.1) is 0 Å². The third kappa shape index (κ3) is 19.5. The number of benzene rings is 1. The summed E-state index contributed by atoms with van der Waals surface area (Å²) in [5.41, 5.74) is 6.41. The van der Waals surface area contributed by atoms with Crippen molar-refractivity contribution < 1.29 is 47.8 Å². The van der Waals surface area contributed by atoms with Gasteiger partial charge in [0.05, 0.1) is 105 Å². The number of hydrogen-bond donors (Lipinski definition) is 2. The van der Waals surface area contributed by atoms with Crippen molar-refractivity contribution in [2.24, 2.45) is 0 Å². The Labute approximate surface area is 201 Å². The maximum absolute atomic E-state index is 10.3. The summed E-state index contributed by atoms with van der Waals surface area (Å²) in [6, 6.07) is 7.35. The van der Waals surface area contributed by atoms with E-state index in [4.69, 9.17) is 48.7 Å². The van der Waals surface area contributed by atoms with Crippen molar-refractivity contribution in [1.29, 1.82) is 0 Å². The van der Waals surface area contributed by atoms with Crippen LogP contribution in [0.4, 0.5) is 5.69 Å². The molecule has 11 nitrogen and oxygen atoms in total. The number of nitrogen functional groups attached to an aromatic ring is 1. The topological polar surface area (TPSA) is 137 Å². The lowest BCUT2D eigenvalue weighted by atomic mass is 10.3. The molecule has 3 N–H and O–H groups in total. The Bertz CT molecular complexity index is 605. The number of para-hydroxylation sites is 2. The highest BCUT2D eigenvalue weighted by molar-refractivity contribution is 5.66. The van der Waals surface area contributed by atoms with Crippen LogP contribution < -0.4 is 10.5 Å². The first kappa shape index (κ1) is 30.0. The molecule has 0 bridgehead atoms. The zero-order chi connectivity index (χ0) is 24.5. The number of carbonyl (C=O) groups is 1. The molecule has 1 aromatic carbocycles. The van der Waals surface area contributed by atoms with E-state index in [1.165, 1.54) is 0 Å². The number of carboxylic acids is 1. The summed E-state index contributed by atoms with van der Waals surface area (Å²) < 4.78 is 43.0. The van der Waals surface area contributed by atoms with Gasteiger partial charge in [-0.1, -0.05) is 12.1 Å². The molecule has 1 rings (SSSR count). The van der Waals surface area contributed by atoms with Gasteiger partial charge in [0.15, 0.2) is 0 Å². The van der Waals surface area contributed by atoms with Crippen molar-refractivity contribution in [2.75, 3.05) is 105 Å². The molecule has 0 radical (unpaired) electrons. The predicted molar refractivity (Wildman–Crippen MR) is 124 cm³/mol. The molecule has 1 aromatic rings. The van der Waals surface area contributed by atoms with Gasteiger partial charge in [-0.25, -0.2) is 0 Å². The van der Waals surface area contributed by atoms with Crippen LogP contribution in [0, 0.1) is 0 Å². The predicted octanol–water partition coefficient (Wildman–Crippen LogP) is 1.24.